The average Bonchev–Trinajstić information content (AvgIpc) is 2.99. The van der Waals surface area contributed by atoms with Gasteiger partial charge in [-0.15, -0.1) is 11.3 Å². The van der Waals surface area contributed by atoms with Crippen molar-refractivity contribution >= 4 is 39.7 Å². The Morgan fingerprint density at radius 3 is 3.00 bits per heavy atom. The zero-order valence-electron chi connectivity index (χ0n) is 11.0. The average molecular weight is 308 g/mol. The largest absolute Gasteiger partial charge is 0.387 e. The molecule has 4 nitrogen and oxygen atoms in total. The van der Waals surface area contributed by atoms with Gasteiger partial charge in [-0.1, -0.05) is 11.6 Å². The highest BCUT2D eigenvalue weighted by molar-refractivity contribution is 7.16. The van der Waals surface area contributed by atoms with Crippen molar-refractivity contribution in [3.8, 4) is 0 Å². The first-order valence-electron chi connectivity index (χ1n) is 6.44. The number of aromatic nitrogens is 1. The molecule has 0 saturated heterocycles. The molecule has 1 aromatic carbocycles. The fourth-order valence-corrected chi connectivity index (χ4v) is 3.55. The van der Waals surface area contributed by atoms with Crippen molar-refractivity contribution in [1.82, 2.24) is 4.98 Å². The molecule has 20 heavy (non-hydrogen) atoms. The maximum atomic E-state index is 12.3. The fraction of sp³-hybridized carbons (Fsp3) is 0.286. The zero-order chi connectivity index (χ0) is 14.1. The van der Waals surface area contributed by atoms with E-state index >= 15 is 0 Å². The predicted octanol–water partition coefficient (Wildman–Crippen LogP) is 3.58. The lowest BCUT2D eigenvalue weighted by atomic mass is 10.1. The molecule has 2 aromatic rings. The number of carbonyl (C=O) groups is 1. The van der Waals surface area contributed by atoms with Gasteiger partial charge >= 0.3 is 0 Å². The van der Waals surface area contributed by atoms with E-state index in [1.807, 2.05) is 0 Å². The summed E-state index contributed by atoms with van der Waals surface area (Å²) in [6.45, 7) is 0. The van der Waals surface area contributed by atoms with Crippen molar-refractivity contribution in [2.75, 3.05) is 17.7 Å². The lowest BCUT2D eigenvalue weighted by Crippen LogP contribution is -2.14. The summed E-state index contributed by atoms with van der Waals surface area (Å²) >= 11 is 7.53. The van der Waals surface area contributed by atoms with E-state index in [0.717, 1.165) is 24.2 Å². The molecular weight excluding hydrogens is 294 g/mol. The molecule has 1 aliphatic rings. The quantitative estimate of drug-likeness (QED) is 0.911. The minimum absolute atomic E-state index is 0.190. The number of hydrogen-bond donors (Lipinski definition) is 2. The number of hydrogen-bond acceptors (Lipinski definition) is 4. The maximum Gasteiger partial charge on any atom is 0.259 e. The highest BCUT2D eigenvalue weighted by atomic mass is 35.5. The number of aryl methyl sites for hydroxylation is 2. The Bertz CT molecular complexity index is 647. The molecule has 104 valence electrons. The molecule has 1 amide bonds. The van der Waals surface area contributed by atoms with Gasteiger partial charge in [0.15, 0.2) is 5.13 Å². The predicted molar refractivity (Wildman–Crippen MR) is 83.1 cm³/mol. The van der Waals surface area contributed by atoms with Crippen molar-refractivity contribution in [2.24, 2.45) is 0 Å². The van der Waals surface area contributed by atoms with E-state index < -0.39 is 0 Å². The Labute approximate surface area is 126 Å². The van der Waals surface area contributed by atoms with Gasteiger partial charge in [0.05, 0.1) is 11.3 Å². The molecule has 0 spiro atoms. The topological polar surface area (TPSA) is 54.0 Å². The number of halogens is 1. The number of benzene rings is 1. The van der Waals surface area contributed by atoms with Gasteiger partial charge in [0.2, 0.25) is 0 Å². The van der Waals surface area contributed by atoms with Crippen molar-refractivity contribution in [3.63, 3.8) is 0 Å². The van der Waals surface area contributed by atoms with E-state index in [2.05, 4.69) is 15.6 Å². The second kappa shape index (κ2) is 5.42. The molecular formula is C14H14ClN3OS. The Balaban J connectivity index is 1.83. The first-order valence-corrected chi connectivity index (χ1v) is 7.64. The van der Waals surface area contributed by atoms with Crippen LogP contribution in [0.4, 0.5) is 10.8 Å². The van der Waals surface area contributed by atoms with Crippen LogP contribution < -0.4 is 10.6 Å². The van der Waals surface area contributed by atoms with Crippen molar-refractivity contribution in [3.05, 3.63) is 39.4 Å². The van der Waals surface area contributed by atoms with E-state index in [1.54, 1.807) is 36.6 Å². The summed E-state index contributed by atoms with van der Waals surface area (Å²) in [7, 11) is 1.78. The highest BCUT2D eigenvalue weighted by Gasteiger charge is 2.19. The monoisotopic (exact) mass is 307 g/mol. The third kappa shape index (κ3) is 2.51. The molecule has 3 rings (SSSR count). The molecule has 0 saturated carbocycles. The normalized spacial score (nSPS) is 13.1. The Hall–Kier alpha value is -1.59. The Morgan fingerprint density at radius 1 is 1.40 bits per heavy atom. The van der Waals surface area contributed by atoms with Gasteiger partial charge in [-0.25, -0.2) is 4.98 Å². The van der Waals surface area contributed by atoms with Gasteiger partial charge in [0, 0.05) is 22.6 Å². The number of thiazole rings is 1. The van der Waals surface area contributed by atoms with Gasteiger partial charge in [-0.2, -0.15) is 0 Å². The van der Waals surface area contributed by atoms with Crippen LogP contribution in [0.3, 0.4) is 0 Å². The molecule has 1 aromatic heterocycles. The Kier molecular flexibility index (Phi) is 3.63. The van der Waals surface area contributed by atoms with Gasteiger partial charge in [0.1, 0.15) is 0 Å². The summed E-state index contributed by atoms with van der Waals surface area (Å²) in [5.41, 5.74) is 2.40. The molecule has 2 N–H and O–H groups in total. The molecule has 0 atom stereocenters. The van der Waals surface area contributed by atoms with Crippen LogP contribution >= 0.6 is 22.9 Å². The molecule has 1 heterocycles. The first kappa shape index (κ1) is 13.4. The SMILES string of the molecule is CNc1ccc(Cl)cc1C(=O)Nc1nc2c(s1)CCC2. The summed E-state index contributed by atoms with van der Waals surface area (Å²) in [5, 5.41) is 7.06. The van der Waals surface area contributed by atoms with Crippen LogP contribution in [0.5, 0.6) is 0 Å². The molecule has 0 bridgehead atoms. The van der Waals surface area contributed by atoms with Gasteiger partial charge in [0.25, 0.3) is 5.91 Å². The van der Waals surface area contributed by atoms with E-state index in [-0.39, 0.29) is 5.91 Å². The van der Waals surface area contributed by atoms with Crippen LogP contribution in [0.2, 0.25) is 5.02 Å². The Morgan fingerprint density at radius 2 is 2.25 bits per heavy atom. The lowest BCUT2D eigenvalue weighted by molar-refractivity contribution is 0.102. The van der Waals surface area contributed by atoms with E-state index in [1.165, 1.54) is 11.3 Å². The third-order valence-electron chi connectivity index (χ3n) is 3.31. The summed E-state index contributed by atoms with van der Waals surface area (Å²) in [6, 6.07) is 5.20. The van der Waals surface area contributed by atoms with Crippen molar-refractivity contribution < 1.29 is 4.79 Å². The summed E-state index contributed by atoms with van der Waals surface area (Å²) in [4.78, 5) is 18.1. The molecule has 6 heteroatoms. The summed E-state index contributed by atoms with van der Waals surface area (Å²) in [6.07, 6.45) is 3.25. The van der Waals surface area contributed by atoms with Crippen molar-refractivity contribution in [1.29, 1.82) is 0 Å². The molecule has 0 radical (unpaired) electrons. The fourth-order valence-electron chi connectivity index (χ4n) is 2.33. The lowest BCUT2D eigenvalue weighted by Gasteiger charge is -2.08. The zero-order valence-corrected chi connectivity index (χ0v) is 12.6. The van der Waals surface area contributed by atoms with Crippen LogP contribution in [0.15, 0.2) is 18.2 Å². The number of rotatable bonds is 3. The van der Waals surface area contributed by atoms with Crippen LogP contribution in [-0.2, 0) is 12.8 Å². The van der Waals surface area contributed by atoms with Crippen LogP contribution in [0.1, 0.15) is 27.3 Å². The number of carbonyl (C=O) groups excluding carboxylic acids is 1. The number of anilines is 2. The smallest absolute Gasteiger partial charge is 0.259 e. The molecule has 0 fully saturated rings. The summed E-state index contributed by atoms with van der Waals surface area (Å²) in [5.74, 6) is -0.190. The highest BCUT2D eigenvalue weighted by Crippen LogP contribution is 2.31. The number of fused-ring (bicyclic) bond motifs is 1. The van der Waals surface area contributed by atoms with Gasteiger partial charge < -0.3 is 5.32 Å². The van der Waals surface area contributed by atoms with E-state index in [9.17, 15) is 4.79 Å². The van der Waals surface area contributed by atoms with E-state index in [0.29, 0.717) is 15.7 Å². The first-order chi connectivity index (χ1) is 9.67. The number of nitrogens with zero attached hydrogens (tertiary/aromatic N) is 1. The summed E-state index contributed by atoms with van der Waals surface area (Å²) < 4.78 is 0. The number of amides is 1. The minimum Gasteiger partial charge on any atom is -0.387 e. The second-order valence-corrected chi connectivity index (χ2v) is 6.16. The van der Waals surface area contributed by atoms with Crippen LogP contribution in [0.25, 0.3) is 0 Å². The number of nitrogens with one attached hydrogen (secondary N) is 2. The van der Waals surface area contributed by atoms with Gasteiger partial charge in [-0.3, -0.25) is 10.1 Å². The third-order valence-corrected chi connectivity index (χ3v) is 4.62. The molecule has 1 aliphatic carbocycles. The van der Waals surface area contributed by atoms with E-state index in [4.69, 9.17) is 11.6 Å². The van der Waals surface area contributed by atoms with Crippen molar-refractivity contribution in [2.45, 2.75) is 19.3 Å². The second-order valence-electron chi connectivity index (χ2n) is 4.64. The molecule has 0 aliphatic heterocycles. The standard InChI is InChI=1S/C14H14ClN3OS/c1-16-10-6-5-8(15)7-9(10)13(19)18-14-17-11-3-2-4-12(11)20-14/h5-7,16H,2-4H2,1H3,(H,17,18,19). The van der Waals surface area contributed by atoms with Gasteiger partial charge in [-0.05, 0) is 37.5 Å². The minimum atomic E-state index is -0.190. The molecule has 0 unspecified atom stereocenters. The van der Waals surface area contributed by atoms with Crippen LogP contribution in [0, 0.1) is 0 Å². The maximum absolute atomic E-state index is 12.3. The van der Waals surface area contributed by atoms with Crippen LogP contribution in [-0.4, -0.2) is 17.9 Å².